The molecular weight excluding hydrogens is 206 g/mol. The van der Waals surface area contributed by atoms with E-state index in [-0.39, 0.29) is 11.8 Å². The first kappa shape index (κ1) is 10.6. The number of pyridine rings is 1. The van der Waals surface area contributed by atoms with Gasteiger partial charge in [0.2, 0.25) is 11.8 Å². The fourth-order valence-corrected chi connectivity index (χ4v) is 1.64. The second kappa shape index (κ2) is 4.30. The molecule has 5 nitrogen and oxygen atoms in total. The molecule has 16 heavy (non-hydrogen) atoms. The summed E-state index contributed by atoms with van der Waals surface area (Å²) in [6.45, 7) is 1.85. The van der Waals surface area contributed by atoms with Crippen LogP contribution in [0.15, 0.2) is 18.2 Å². The van der Waals surface area contributed by atoms with Gasteiger partial charge >= 0.3 is 0 Å². The lowest BCUT2D eigenvalue weighted by Gasteiger charge is -2.10. The molecule has 0 saturated carbocycles. The van der Waals surface area contributed by atoms with Gasteiger partial charge in [-0.25, -0.2) is 4.98 Å². The van der Waals surface area contributed by atoms with Crippen LogP contribution in [0.3, 0.4) is 0 Å². The molecule has 1 aliphatic rings. The molecule has 1 saturated heterocycles. The van der Waals surface area contributed by atoms with Crippen molar-refractivity contribution in [2.24, 2.45) is 0 Å². The first-order valence-corrected chi connectivity index (χ1v) is 5.19. The molecule has 2 N–H and O–H groups in total. The Kier molecular flexibility index (Phi) is 2.85. The minimum Gasteiger partial charge on any atom is -0.344 e. The van der Waals surface area contributed by atoms with Crippen LogP contribution in [0.25, 0.3) is 0 Å². The fourth-order valence-electron chi connectivity index (χ4n) is 1.64. The molecule has 2 heterocycles. The third-order valence-electron chi connectivity index (χ3n) is 2.45. The highest BCUT2D eigenvalue weighted by atomic mass is 16.2. The first-order valence-electron chi connectivity index (χ1n) is 5.19. The Morgan fingerprint density at radius 2 is 2.38 bits per heavy atom. The van der Waals surface area contributed by atoms with E-state index in [0.717, 1.165) is 5.69 Å². The van der Waals surface area contributed by atoms with Crippen LogP contribution < -0.4 is 10.6 Å². The van der Waals surface area contributed by atoms with Gasteiger partial charge in [0.25, 0.3) is 0 Å². The Balaban J connectivity index is 1.99. The zero-order valence-corrected chi connectivity index (χ0v) is 8.99. The highest BCUT2D eigenvalue weighted by Gasteiger charge is 2.27. The van der Waals surface area contributed by atoms with E-state index in [1.807, 2.05) is 19.1 Å². The number of carbonyl (C=O) groups is 2. The monoisotopic (exact) mass is 219 g/mol. The van der Waals surface area contributed by atoms with Crippen LogP contribution in [-0.4, -0.2) is 22.8 Å². The maximum Gasteiger partial charge on any atom is 0.248 e. The summed E-state index contributed by atoms with van der Waals surface area (Å²) in [5.74, 6) is 0.243. The summed E-state index contributed by atoms with van der Waals surface area (Å²) in [4.78, 5) is 26.8. The number of hydrogen-bond acceptors (Lipinski definition) is 3. The summed E-state index contributed by atoms with van der Waals surface area (Å²) in [5.41, 5.74) is 0.841. The molecule has 1 aliphatic heterocycles. The second-order valence-electron chi connectivity index (χ2n) is 3.81. The molecule has 1 fully saturated rings. The zero-order chi connectivity index (χ0) is 11.5. The number of anilines is 1. The predicted octanol–water partition coefficient (Wildman–Crippen LogP) is 0.607. The number of rotatable bonds is 2. The highest BCUT2D eigenvalue weighted by molar-refractivity contribution is 5.98. The molecule has 2 rings (SSSR count). The summed E-state index contributed by atoms with van der Waals surface area (Å²) in [5, 5.41) is 5.29. The van der Waals surface area contributed by atoms with E-state index in [1.54, 1.807) is 6.07 Å². The van der Waals surface area contributed by atoms with Gasteiger partial charge in [-0.1, -0.05) is 6.07 Å². The van der Waals surface area contributed by atoms with Gasteiger partial charge in [0, 0.05) is 12.1 Å². The Hall–Kier alpha value is -1.91. The maximum absolute atomic E-state index is 11.7. The number of aryl methyl sites for hydroxylation is 1. The van der Waals surface area contributed by atoms with Gasteiger partial charge in [0.05, 0.1) is 0 Å². The van der Waals surface area contributed by atoms with Crippen LogP contribution in [0.1, 0.15) is 18.5 Å². The normalized spacial score (nSPS) is 19.3. The number of amides is 2. The molecule has 1 atom stereocenters. The largest absolute Gasteiger partial charge is 0.344 e. The molecule has 0 radical (unpaired) electrons. The van der Waals surface area contributed by atoms with Gasteiger partial charge in [0.1, 0.15) is 11.9 Å². The van der Waals surface area contributed by atoms with E-state index in [9.17, 15) is 9.59 Å². The number of nitrogens with one attached hydrogen (secondary N) is 2. The number of aromatic nitrogens is 1. The molecule has 5 heteroatoms. The third kappa shape index (κ3) is 2.36. The topological polar surface area (TPSA) is 71.1 Å². The van der Waals surface area contributed by atoms with Crippen LogP contribution in [-0.2, 0) is 9.59 Å². The van der Waals surface area contributed by atoms with Crippen molar-refractivity contribution in [2.45, 2.75) is 25.8 Å². The smallest absolute Gasteiger partial charge is 0.248 e. The van der Waals surface area contributed by atoms with Gasteiger partial charge < -0.3 is 10.6 Å². The average Bonchev–Trinajstić information content (AvgIpc) is 2.65. The van der Waals surface area contributed by atoms with Gasteiger partial charge in [0.15, 0.2) is 0 Å². The first-order chi connectivity index (χ1) is 7.65. The third-order valence-corrected chi connectivity index (χ3v) is 2.45. The van der Waals surface area contributed by atoms with E-state index in [2.05, 4.69) is 15.6 Å². The van der Waals surface area contributed by atoms with Gasteiger partial charge in [-0.3, -0.25) is 9.59 Å². The summed E-state index contributed by atoms with van der Waals surface area (Å²) >= 11 is 0. The minimum atomic E-state index is -0.421. The van der Waals surface area contributed by atoms with Crippen molar-refractivity contribution in [2.75, 3.05) is 5.32 Å². The molecule has 0 aromatic carbocycles. The number of hydrogen-bond donors (Lipinski definition) is 2. The summed E-state index contributed by atoms with van der Waals surface area (Å²) < 4.78 is 0. The van der Waals surface area contributed by atoms with E-state index < -0.39 is 6.04 Å². The Bertz CT molecular complexity index is 431. The van der Waals surface area contributed by atoms with Crippen LogP contribution in [0, 0.1) is 6.92 Å². The van der Waals surface area contributed by atoms with Crippen LogP contribution in [0.4, 0.5) is 5.82 Å². The lowest BCUT2D eigenvalue weighted by molar-refractivity contribution is -0.122. The van der Waals surface area contributed by atoms with Crippen molar-refractivity contribution in [1.82, 2.24) is 10.3 Å². The summed E-state index contributed by atoms with van der Waals surface area (Å²) in [6.07, 6.45) is 0.968. The van der Waals surface area contributed by atoms with Crippen molar-refractivity contribution >= 4 is 17.6 Å². The molecule has 84 valence electrons. The van der Waals surface area contributed by atoms with Gasteiger partial charge in [-0.15, -0.1) is 0 Å². The van der Waals surface area contributed by atoms with E-state index >= 15 is 0 Å². The van der Waals surface area contributed by atoms with Gasteiger partial charge in [-0.2, -0.15) is 0 Å². The second-order valence-corrected chi connectivity index (χ2v) is 3.81. The Morgan fingerprint density at radius 3 is 3.00 bits per heavy atom. The molecule has 0 spiro atoms. The molecular formula is C11H13N3O2. The van der Waals surface area contributed by atoms with Crippen molar-refractivity contribution < 1.29 is 9.59 Å². The van der Waals surface area contributed by atoms with Crippen molar-refractivity contribution in [3.8, 4) is 0 Å². The zero-order valence-electron chi connectivity index (χ0n) is 8.99. The molecule has 1 aromatic heterocycles. The van der Waals surface area contributed by atoms with Gasteiger partial charge in [-0.05, 0) is 25.5 Å². The van der Waals surface area contributed by atoms with Crippen LogP contribution >= 0.6 is 0 Å². The molecule has 2 amide bonds. The van der Waals surface area contributed by atoms with E-state index in [0.29, 0.717) is 18.7 Å². The van der Waals surface area contributed by atoms with Crippen molar-refractivity contribution in [1.29, 1.82) is 0 Å². The van der Waals surface area contributed by atoms with Crippen molar-refractivity contribution in [3.05, 3.63) is 23.9 Å². The van der Waals surface area contributed by atoms with Crippen LogP contribution in [0.5, 0.6) is 0 Å². The average molecular weight is 219 g/mol. The molecule has 1 aromatic rings. The molecule has 0 bridgehead atoms. The lowest BCUT2D eigenvalue weighted by Crippen LogP contribution is -2.37. The van der Waals surface area contributed by atoms with E-state index in [4.69, 9.17) is 0 Å². The lowest BCUT2D eigenvalue weighted by atomic mass is 10.2. The molecule has 1 unspecified atom stereocenters. The number of nitrogens with zero attached hydrogens (tertiary/aromatic N) is 1. The minimum absolute atomic E-state index is 0.0719. The predicted molar refractivity (Wildman–Crippen MR) is 58.8 cm³/mol. The SMILES string of the molecule is Cc1cccc(NC(=O)C2CCC(=O)N2)n1. The maximum atomic E-state index is 11.7. The fraction of sp³-hybridized carbons (Fsp3) is 0.364. The number of carbonyl (C=O) groups excluding carboxylic acids is 2. The van der Waals surface area contributed by atoms with Crippen molar-refractivity contribution in [3.63, 3.8) is 0 Å². The molecule has 0 aliphatic carbocycles. The van der Waals surface area contributed by atoms with Crippen LogP contribution in [0.2, 0.25) is 0 Å². The Morgan fingerprint density at radius 1 is 1.56 bits per heavy atom. The summed E-state index contributed by atoms with van der Waals surface area (Å²) in [6, 6.07) is 4.98. The quantitative estimate of drug-likeness (QED) is 0.765. The Labute approximate surface area is 93.3 Å². The standard InChI is InChI=1S/C11H13N3O2/c1-7-3-2-4-9(12-7)14-11(16)8-5-6-10(15)13-8/h2-4,8H,5-6H2,1H3,(H,13,15)(H,12,14,16). The highest BCUT2D eigenvalue weighted by Crippen LogP contribution is 2.10. The van der Waals surface area contributed by atoms with E-state index in [1.165, 1.54) is 0 Å². The summed E-state index contributed by atoms with van der Waals surface area (Å²) in [7, 11) is 0.